The van der Waals surface area contributed by atoms with E-state index in [-0.39, 0.29) is 16.5 Å². The maximum absolute atomic E-state index is 12.5. The van der Waals surface area contributed by atoms with Crippen molar-refractivity contribution in [2.75, 3.05) is 5.73 Å². The van der Waals surface area contributed by atoms with E-state index in [1.54, 1.807) is 0 Å². The Morgan fingerprint density at radius 3 is 2.60 bits per heavy atom. The summed E-state index contributed by atoms with van der Waals surface area (Å²) >= 11 is 5.57. The van der Waals surface area contributed by atoms with Gasteiger partial charge in [-0.05, 0) is 12.1 Å². The van der Waals surface area contributed by atoms with Gasteiger partial charge in [-0.2, -0.15) is 13.2 Å². The average Bonchev–Trinajstić information content (AvgIpc) is 2.45. The molecule has 2 aromatic rings. The Bertz CT molecular complexity index is 518. The molecule has 0 saturated heterocycles. The lowest BCUT2D eigenvalue weighted by atomic mass is 10.4. The minimum absolute atomic E-state index is 0.0563. The molecule has 2 rings (SSSR count). The molecule has 15 heavy (non-hydrogen) atoms. The highest BCUT2D eigenvalue weighted by atomic mass is 35.5. The second-order valence-electron chi connectivity index (χ2n) is 2.90. The van der Waals surface area contributed by atoms with E-state index in [1.165, 1.54) is 18.2 Å². The molecule has 0 radical (unpaired) electrons. The first-order valence-electron chi connectivity index (χ1n) is 3.91. The molecule has 2 aromatic heterocycles. The van der Waals surface area contributed by atoms with Crippen molar-refractivity contribution >= 4 is 22.9 Å². The van der Waals surface area contributed by atoms with Gasteiger partial charge in [0.15, 0.2) is 5.15 Å². The van der Waals surface area contributed by atoms with Gasteiger partial charge in [0.2, 0.25) is 5.82 Å². The Kier molecular flexibility index (Phi) is 2.04. The summed E-state index contributed by atoms with van der Waals surface area (Å²) in [6.07, 6.45) is -4.58. The van der Waals surface area contributed by atoms with Gasteiger partial charge < -0.3 is 5.73 Å². The summed E-state index contributed by atoms with van der Waals surface area (Å²) in [5.41, 5.74) is 5.57. The van der Waals surface area contributed by atoms with E-state index in [0.29, 0.717) is 0 Å². The number of pyridine rings is 1. The van der Waals surface area contributed by atoms with Gasteiger partial charge in [0, 0.05) is 0 Å². The predicted molar refractivity (Wildman–Crippen MR) is 49.6 cm³/mol. The highest BCUT2D eigenvalue weighted by Gasteiger charge is 2.37. The van der Waals surface area contributed by atoms with Crippen LogP contribution in [0.25, 0.3) is 5.52 Å². The summed E-state index contributed by atoms with van der Waals surface area (Å²) in [5.74, 6) is -1.17. The van der Waals surface area contributed by atoms with E-state index >= 15 is 0 Å². The second-order valence-corrected chi connectivity index (χ2v) is 3.25. The molecule has 0 amide bonds. The minimum atomic E-state index is -4.58. The van der Waals surface area contributed by atoms with Crippen molar-refractivity contribution in [3.63, 3.8) is 0 Å². The van der Waals surface area contributed by atoms with Crippen LogP contribution in [0.5, 0.6) is 0 Å². The van der Waals surface area contributed by atoms with Crippen molar-refractivity contribution in [2.24, 2.45) is 0 Å². The number of fused-ring (bicyclic) bond motifs is 1. The van der Waals surface area contributed by atoms with Gasteiger partial charge in [-0.1, -0.05) is 17.7 Å². The van der Waals surface area contributed by atoms with Crippen LogP contribution in [0.2, 0.25) is 5.15 Å². The molecule has 80 valence electrons. The van der Waals surface area contributed by atoms with Crippen molar-refractivity contribution in [2.45, 2.75) is 6.18 Å². The largest absolute Gasteiger partial charge is 0.450 e. The van der Waals surface area contributed by atoms with Crippen LogP contribution in [0, 0.1) is 0 Å². The number of anilines is 1. The number of aromatic nitrogens is 2. The molecule has 2 N–H and O–H groups in total. The lowest BCUT2D eigenvalue weighted by Crippen LogP contribution is -2.12. The van der Waals surface area contributed by atoms with Crippen LogP contribution >= 0.6 is 11.6 Å². The third-order valence-corrected chi connectivity index (χ3v) is 2.18. The molecule has 0 spiro atoms. The highest BCUT2D eigenvalue weighted by Crippen LogP contribution is 2.33. The average molecular weight is 236 g/mol. The van der Waals surface area contributed by atoms with Crippen LogP contribution in [0.3, 0.4) is 0 Å². The van der Waals surface area contributed by atoms with Crippen molar-refractivity contribution in [3.05, 3.63) is 29.2 Å². The molecule has 0 aliphatic rings. The van der Waals surface area contributed by atoms with Crippen LogP contribution in [0.15, 0.2) is 18.2 Å². The lowest BCUT2D eigenvalue weighted by molar-refractivity contribution is -0.145. The number of imidazole rings is 1. The molecule has 0 aliphatic carbocycles. The van der Waals surface area contributed by atoms with Crippen molar-refractivity contribution in [3.8, 4) is 0 Å². The Hall–Kier alpha value is -1.43. The van der Waals surface area contributed by atoms with Gasteiger partial charge in [-0.25, -0.2) is 4.98 Å². The second kappa shape index (κ2) is 3.03. The van der Waals surface area contributed by atoms with Crippen LogP contribution in [-0.2, 0) is 6.18 Å². The Morgan fingerprint density at radius 2 is 2.00 bits per heavy atom. The molecule has 0 unspecified atom stereocenters. The summed E-state index contributed by atoms with van der Waals surface area (Å²) < 4.78 is 38.3. The first-order chi connectivity index (χ1) is 6.91. The Morgan fingerprint density at radius 1 is 1.33 bits per heavy atom. The smallest absolute Gasteiger partial charge is 0.385 e. The summed E-state index contributed by atoms with van der Waals surface area (Å²) in [6, 6.07) is 4.28. The summed E-state index contributed by atoms with van der Waals surface area (Å²) in [6.45, 7) is 0. The van der Waals surface area contributed by atoms with Gasteiger partial charge in [-0.15, -0.1) is 0 Å². The van der Waals surface area contributed by atoms with E-state index in [2.05, 4.69) is 4.98 Å². The molecule has 0 atom stereocenters. The van der Waals surface area contributed by atoms with Crippen LogP contribution in [0.4, 0.5) is 19.0 Å². The van der Waals surface area contributed by atoms with Crippen molar-refractivity contribution in [1.29, 1.82) is 0 Å². The lowest BCUT2D eigenvalue weighted by Gasteiger charge is -2.06. The SMILES string of the molecule is Nc1cccc2c(Cl)nc(C(F)(F)F)n12. The molecule has 7 heteroatoms. The molecule has 0 saturated carbocycles. The fraction of sp³-hybridized carbons (Fsp3) is 0.125. The van der Waals surface area contributed by atoms with E-state index < -0.39 is 12.0 Å². The molecule has 2 heterocycles. The van der Waals surface area contributed by atoms with Crippen LogP contribution in [0.1, 0.15) is 5.82 Å². The van der Waals surface area contributed by atoms with Crippen LogP contribution < -0.4 is 5.73 Å². The zero-order chi connectivity index (χ0) is 11.2. The molecule has 0 bridgehead atoms. The zero-order valence-corrected chi connectivity index (χ0v) is 7.97. The molecular weight excluding hydrogens is 231 g/mol. The molecule has 0 fully saturated rings. The highest BCUT2D eigenvalue weighted by molar-refractivity contribution is 6.32. The summed E-state index contributed by atoms with van der Waals surface area (Å²) in [5, 5.41) is -0.213. The van der Waals surface area contributed by atoms with Gasteiger partial charge in [0.1, 0.15) is 5.82 Å². The third-order valence-electron chi connectivity index (χ3n) is 1.90. The number of rotatable bonds is 0. The fourth-order valence-corrected chi connectivity index (χ4v) is 1.54. The standard InChI is InChI=1S/C8H5ClF3N3/c9-6-4-2-1-3-5(13)15(4)7(14-6)8(10,11)12/h1-3H,13H2. The number of alkyl halides is 3. The van der Waals surface area contributed by atoms with E-state index in [4.69, 9.17) is 17.3 Å². The van der Waals surface area contributed by atoms with Gasteiger partial charge in [0.25, 0.3) is 0 Å². The normalized spacial score (nSPS) is 12.3. The van der Waals surface area contributed by atoms with Crippen molar-refractivity contribution in [1.82, 2.24) is 9.38 Å². The summed E-state index contributed by atoms with van der Waals surface area (Å²) in [7, 11) is 0. The van der Waals surface area contributed by atoms with Gasteiger partial charge >= 0.3 is 6.18 Å². The van der Waals surface area contributed by atoms with E-state index in [1.807, 2.05) is 0 Å². The minimum Gasteiger partial charge on any atom is -0.385 e. The quantitative estimate of drug-likeness (QED) is 0.763. The van der Waals surface area contributed by atoms with E-state index in [9.17, 15) is 13.2 Å². The number of nitrogens with zero attached hydrogens (tertiary/aromatic N) is 2. The summed E-state index contributed by atoms with van der Waals surface area (Å²) in [4.78, 5) is 3.25. The molecule has 3 nitrogen and oxygen atoms in total. The molecular formula is C8H5ClF3N3. The maximum Gasteiger partial charge on any atom is 0.450 e. The van der Waals surface area contributed by atoms with E-state index in [0.717, 1.165) is 4.40 Å². The van der Waals surface area contributed by atoms with Crippen molar-refractivity contribution < 1.29 is 13.2 Å². The predicted octanol–water partition coefficient (Wildman–Crippen LogP) is 2.59. The Labute approximate surface area is 87.3 Å². The third kappa shape index (κ3) is 1.50. The maximum atomic E-state index is 12.5. The topological polar surface area (TPSA) is 43.3 Å². The van der Waals surface area contributed by atoms with Gasteiger partial charge in [0.05, 0.1) is 5.52 Å². The number of halogens is 4. The number of nitrogen functional groups attached to an aromatic ring is 1. The number of hydrogen-bond donors (Lipinski definition) is 1. The molecule has 0 aliphatic heterocycles. The monoisotopic (exact) mass is 235 g/mol. The number of hydrogen-bond acceptors (Lipinski definition) is 2. The fourth-order valence-electron chi connectivity index (χ4n) is 1.31. The zero-order valence-electron chi connectivity index (χ0n) is 7.22. The van der Waals surface area contributed by atoms with Gasteiger partial charge in [-0.3, -0.25) is 4.40 Å². The van der Waals surface area contributed by atoms with Crippen LogP contribution in [-0.4, -0.2) is 9.38 Å². The first-order valence-corrected chi connectivity index (χ1v) is 4.28. The molecule has 0 aromatic carbocycles. The Balaban J connectivity index is 2.88. The first kappa shape index (κ1) is 10.1. The number of nitrogens with two attached hydrogens (primary N) is 1.